The van der Waals surface area contributed by atoms with Crippen molar-refractivity contribution in [3.05, 3.63) is 64.6 Å². The van der Waals surface area contributed by atoms with E-state index in [2.05, 4.69) is 37.4 Å². The number of hydrogen-bond donors (Lipinski definition) is 4. The molecular weight excluding hydrogens is 404 g/mol. The number of hydrazine groups is 1. The average molecular weight is 421 g/mol. The number of carbonyl (C=O) groups excluding carboxylic acids is 2. The normalized spacial score (nSPS) is 20.0. The number of halogens is 1. The fraction of sp³-hybridized carbons (Fsp3) is 0.176. The number of benzene rings is 2. The van der Waals surface area contributed by atoms with Crippen LogP contribution in [0.2, 0.25) is 0 Å². The molecule has 6 nitrogen and oxygen atoms in total. The molecule has 4 N–H and O–H groups in total. The molecule has 2 amide bonds. The van der Waals surface area contributed by atoms with E-state index in [1.807, 2.05) is 54.6 Å². The van der Waals surface area contributed by atoms with Crippen LogP contribution in [0.1, 0.15) is 11.6 Å². The maximum Gasteiger partial charge on any atom is 0.244 e. The van der Waals surface area contributed by atoms with Crippen LogP contribution in [0.5, 0.6) is 0 Å². The van der Waals surface area contributed by atoms with Gasteiger partial charge in [-0.25, -0.2) is 10.9 Å². The zero-order valence-corrected chi connectivity index (χ0v) is 15.6. The molecule has 0 aliphatic carbocycles. The van der Waals surface area contributed by atoms with Crippen molar-refractivity contribution < 1.29 is 9.59 Å². The molecule has 0 saturated carbocycles. The van der Waals surface area contributed by atoms with Crippen LogP contribution in [-0.2, 0) is 9.59 Å². The molecule has 0 bridgehead atoms. The Balaban J connectivity index is 1.46. The van der Waals surface area contributed by atoms with Crippen LogP contribution >= 0.6 is 27.7 Å². The van der Waals surface area contributed by atoms with E-state index in [-0.39, 0.29) is 23.1 Å². The van der Waals surface area contributed by atoms with E-state index in [1.54, 1.807) is 0 Å². The van der Waals surface area contributed by atoms with Gasteiger partial charge in [-0.1, -0.05) is 46.3 Å². The fourth-order valence-electron chi connectivity index (χ4n) is 2.33. The summed E-state index contributed by atoms with van der Waals surface area (Å²) in [6.07, 6.45) is 0. The van der Waals surface area contributed by atoms with E-state index < -0.39 is 6.04 Å². The van der Waals surface area contributed by atoms with Gasteiger partial charge in [0.05, 0.1) is 5.75 Å². The predicted molar refractivity (Wildman–Crippen MR) is 103 cm³/mol. The minimum absolute atomic E-state index is 0.129. The molecule has 0 radical (unpaired) electrons. The van der Waals surface area contributed by atoms with Gasteiger partial charge >= 0.3 is 0 Å². The summed E-state index contributed by atoms with van der Waals surface area (Å²) < 4.78 is 0.952. The molecule has 1 aliphatic heterocycles. The van der Waals surface area contributed by atoms with Gasteiger partial charge < -0.3 is 10.6 Å². The molecule has 1 saturated heterocycles. The van der Waals surface area contributed by atoms with Gasteiger partial charge in [-0.3, -0.25) is 9.59 Å². The average Bonchev–Trinajstić information content (AvgIpc) is 2.63. The Labute approximate surface area is 158 Å². The number of rotatable bonds is 5. The molecule has 3 rings (SSSR count). The highest BCUT2D eigenvalue weighted by Gasteiger charge is 2.28. The molecule has 8 heteroatoms. The summed E-state index contributed by atoms with van der Waals surface area (Å²) in [5.41, 5.74) is 7.25. The number of carbonyl (C=O) groups is 2. The minimum atomic E-state index is -0.449. The van der Waals surface area contributed by atoms with E-state index in [0.717, 1.165) is 15.7 Å². The summed E-state index contributed by atoms with van der Waals surface area (Å²) in [6.45, 7) is 0. The number of thioether (sulfide) groups is 1. The maximum atomic E-state index is 12.2. The first-order chi connectivity index (χ1) is 12.1. The van der Waals surface area contributed by atoms with Crippen molar-refractivity contribution in [3.8, 4) is 0 Å². The molecule has 0 aromatic heterocycles. The Bertz CT molecular complexity index is 742. The van der Waals surface area contributed by atoms with Crippen molar-refractivity contribution in [1.29, 1.82) is 0 Å². The van der Waals surface area contributed by atoms with E-state index in [4.69, 9.17) is 0 Å². The number of anilines is 1. The summed E-state index contributed by atoms with van der Waals surface area (Å²) in [4.78, 5) is 24.2. The minimum Gasteiger partial charge on any atom is -0.329 e. The fourth-order valence-corrected chi connectivity index (χ4v) is 3.33. The van der Waals surface area contributed by atoms with Gasteiger partial charge in [-0.2, -0.15) is 0 Å². The lowest BCUT2D eigenvalue weighted by Gasteiger charge is -2.31. The zero-order valence-electron chi connectivity index (χ0n) is 13.2. The van der Waals surface area contributed by atoms with Crippen LogP contribution in [0, 0.1) is 0 Å². The topological polar surface area (TPSA) is 82.3 Å². The third kappa shape index (κ3) is 5.05. The van der Waals surface area contributed by atoms with Crippen molar-refractivity contribution in [3.63, 3.8) is 0 Å². The molecule has 2 unspecified atom stereocenters. The molecule has 0 spiro atoms. The Morgan fingerprint density at radius 1 is 1.08 bits per heavy atom. The lowest BCUT2D eigenvalue weighted by atomic mass is 10.1. The molecule has 2 aromatic carbocycles. The third-order valence-corrected chi connectivity index (χ3v) is 5.06. The lowest BCUT2D eigenvalue weighted by Crippen LogP contribution is -2.60. The monoisotopic (exact) mass is 420 g/mol. The quantitative estimate of drug-likeness (QED) is 0.596. The van der Waals surface area contributed by atoms with Crippen molar-refractivity contribution >= 4 is 45.2 Å². The summed E-state index contributed by atoms with van der Waals surface area (Å²) in [5, 5.41) is 5.67. The number of nitrogens with one attached hydrogen (secondary N) is 4. The highest BCUT2D eigenvalue weighted by molar-refractivity contribution is 9.10. The van der Waals surface area contributed by atoms with Crippen LogP contribution in [0.3, 0.4) is 0 Å². The SMILES string of the molecule is O=C(CSC1NNC(c2ccccc2)C(=O)N1)Nc1ccc(Br)cc1. The predicted octanol–water partition coefficient (Wildman–Crippen LogP) is 2.37. The molecule has 2 aromatic rings. The van der Waals surface area contributed by atoms with Crippen LogP contribution in [0.25, 0.3) is 0 Å². The van der Waals surface area contributed by atoms with Gasteiger partial charge in [0.1, 0.15) is 11.5 Å². The van der Waals surface area contributed by atoms with E-state index in [9.17, 15) is 9.59 Å². The molecule has 2 atom stereocenters. The molecule has 130 valence electrons. The first kappa shape index (κ1) is 17.9. The molecule has 1 fully saturated rings. The van der Waals surface area contributed by atoms with Gasteiger partial charge in [-0.05, 0) is 29.8 Å². The molecule has 25 heavy (non-hydrogen) atoms. The van der Waals surface area contributed by atoms with Gasteiger partial charge in [-0.15, -0.1) is 11.8 Å². The first-order valence-corrected chi connectivity index (χ1v) is 9.49. The summed E-state index contributed by atoms with van der Waals surface area (Å²) >= 11 is 4.65. The standard InChI is InChI=1S/C17H17BrN4O2S/c18-12-6-8-13(9-7-12)19-14(23)10-25-17-20-16(24)15(21-22-17)11-4-2-1-3-5-11/h1-9,15,17,21-22H,10H2,(H,19,23)(H,20,24). The van der Waals surface area contributed by atoms with Crippen LogP contribution in [0.15, 0.2) is 59.1 Å². The van der Waals surface area contributed by atoms with Crippen molar-refractivity contribution in [2.45, 2.75) is 11.5 Å². The van der Waals surface area contributed by atoms with Crippen LogP contribution in [0.4, 0.5) is 5.69 Å². The Morgan fingerprint density at radius 3 is 2.48 bits per heavy atom. The molecular formula is C17H17BrN4O2S. The smallest absolute Gasteiger partial charge is 0.244 e. The second kappa shape index (κ2) is 8.48. The third-order valence-electron chi connectivity index (χ3n) is 3.54. The zero-order chi connectivity index (χ0) is 17.6. The van der Waals surface area contributed by atoms with Crippen molar-refractivity contribution in [2.75, 3.05) is 11.1 Å². The van der Waals surface area contributed by atoms with Gasteiger partial charge in [0.2, 0.25) is 11.8 Å². The lowest BCUT2D eigenvalue weighted by molar-refractivity contribution is -0.126. The Kier molecular flexibility index (Phi) is 6.09. The van der Waals surface area contributed by atoms with E-state index >= 15 is 0 Å². The first-order valence-electron chi connectivity index (χ1n) is 7.65. The van der Waals surface area contributed by atoms with Gasteiger partial charge in [0.25, 0.3) is 0 Å². The Morgan fingerprint density at radius 2 is 1.80 bits per heavy atom. The summed E-state index contributed by atoms with van der Waals surface area (Å²) in [7, 11) is 0. The largest absolute Gasteiger partial charge is 0.329 e. The van der Waals surface area contributed by atoms with Gasteiger partial charge in [0.15, 0.2) is 0 Å². The second-order valence-corrected chi connectivity index (χ2v) is 7.40. The highest BCUT2D eigenvalue weighted by atomic mass is 79.9. The molecule has 1 aliphatic rings. The van der Waals surface area contributed by atoms with E-state index in [1.165, 1.54) is 11.8 Å². The van der Waals surface area contributed by atoms with Crippen molar-refractivity contribution in [2.24, 2.45) is 0 Å². The maximum absolute atomic E-state index is 12.2. The number of hydrogen-bond acceptors (Lipinski definition) is 5. The van der Waals surface area contributed by atoms with Crippen molar-refractivity contribution in [1.82, 2.24) is 16.2 Å². The van der Waals surface area contributed by atoms with Crippen LogP contribution in [-0.4, -0.2) is 23.1 Å². The van der Waals surface area contributed by atoms with E-state index in [0.29, 0.717) is 0 Å². The van der Waals surface area contributed by atoms with Gasteiger partial charge in [0, 0.05) is 10.2 Å². The summed E-state index contributed by atoms with van der Waals surface area (Å²) in [5.74, 6) is -0.0459. The summed E-state index contributed by atoms with van der Waals surface area (Å²) in [6, 6.07) is 16.4. The molecule has 1 heterocycles. The highest BCUT2D eigenvalue weighted by Crippen LogP contribution is 2.18. The Hall–Kier alpha value is -1.87. The van der Waals surface area contributed by atoms with Crippen LogP contribution < -0.4 is 21.5 Å². The second-order valence-electron chi connectivity index (χ2n) is 5.39. The number of amides is 2.